The van der Waals surface area contributed by atoms with Crippen molar-refractivity contribution in [2.24, 2.45) is 0 Å². The van der Waals surface area contributed by atoms with E-state index in [-0.39, 0.29) is 5.97 Å². The third-order valence-corrected chi connectivity index (χ3v) is 1.96. The number of rotatable bonds is 6. The average Bonchev–Trinajstić information content (AvgIpc) is 2.27. The van der Waals surface area contributed by atoms with Crippen molar-refractivity contribution < 1.29 is 9.53 Å². The van der Waals surface area contributed by atoms with Crippen molar-refractivity contribution in [3.8, 4) is 0 Å². The van der Waals surface area contributed by atoms with Gasteiger partial charge in [0.1, 0.15) is 5.82 Å². The molecule has 88 valence electrons. The Bertz CT molecular complexity index is 325. The van der Waals surface area contributed by atoms with Crippen molar-refractivity contribution >= 4 is 17.5 Å². The van der Waals surface area contributed by atoms with Gasteiger partial charge in [-0.15, -0.1) is 0 Å². The summed E-state index contributed by atoms with van der Waals surface area (Å²) < 4.78 is 4.81. The lowest BCUT2D eigenvalue weighted by molar-refractivity contribution is -0.143. The SMILES string of the molecule is CCOC(=O)CCCNc1ccc(N)cn1. The molecule has 0 spiro atoms. The van der Waals surface area contributed by atoms with E-state index in [0.29, 0.717) is 25.3 Å². The molecule has 0 bridgehead atoms. The molecule has 5 nitrogen and oxygen atoms in total. The number of nitrogens with zero attached hydrogens (tertiary/aromatic N) is 1. The highest BCUT2D eigenvalue weighted by atomic mass is 16.5. The molecule has 16 heavy (non-hydrogen) atoms. The van der Waals surface area contributed by atoms with Crippen molar-refractivity contribution in [3.05, 3.63) is 18.3 Å². The standard InChI is InChI=1S/C11H17N3O2/c1-2-16-11(15)4-3-7-13-10-6-5-9(12)8-14-10/h5-6,8H,2-4,7,12H2,1H3,(H,13,14). The molecule has 0 saturated carbocycles. The van der Waals surface area contributed by atoms with Crippen molar-refractivity contribution in [1.82, 2.24) is 4.98 Å². The van der Waals surface area contributed by atoms with E-state index in [1.807, 2.05) is 0 Å². The minimum absolute atomic E-state index is 0.158. The van der Waals surface area contributed by atoms with E-state index < -0.39 is 0 Å². The summed E-state index contributed by atoms with van der Waals surface area (Å²) in [4.78, 5) is 15.1. The van der Waals surface area contributed by atoms with Crippen LogP contribution in [0.4, 0.5) is 11.5 Å². The zero-order valence-electron chi connectivity index (χ0n) is 9.40. The molecule has 0 aromatic carbocycles. The van der Waals surface area contributed by atoms with Gasteiger partial charge < -0.3 is 15.8 Å². The van der Waals surface area contributed by atoms with Crippen LogP contribution in [0.2, 0.25) is 0 Å². The smallest absolute Gasteiger partial charge is 0.305 e. The number of nitrogens with one attached hydrogen (secondary N) is 1. The fraction of sp³-hybridized carbons (Fsp3) is 0.455. The van der Waals surface area contributed by atoms with Crippen molar-refractivity contribution in [1.29, 1.82) is 0 Å². The molecule has 0 atom stereocenters. The molecule has 1 aromatic rings. The molecular formula is C11H17N3O2. The Morgan fingerprint density at radius 2 is 2.38 bits per heavy atom. The van der Waals surface area contributed by atoms with Crippen LogP contribution in [0.1, 0.15) is 19.8 Å². The van der Waals surface area contributed by atoms with Gasteiger partial charge in [-0.1, -0.05) is 0 Å². The van der Waals surface area contributed by atoms with Crippen LogP contribution in [0.25, 0.3) is 0 Å². The van der Waals surface area contributed by atoms with Gasteiger partial charge in [-0.3, -0.25) is 4.79 Å². The van der Waals surface area contributed by atoms with E-state index in [0.717, 1.165) is 12.2 Å². The van der Waals surface area contributed by atoms with Crippen LogP contribution in [0.3, 0.4) is 0 Å². The Labute approximate surface area is 95.0 Å². The first kappa shape index (κ1) is 12.3. The normalized spacial score (nSPS) is 9.81. The van der Waals surface area contributed by atoms with Gasteiger partial charge in [-0.2, -0.15) is 0 Å². The Kier molecular flexibility index (Phi) is 5.11. The fourth-order valence-corrected chi connectivity index (χ4v) is 1.19. The highest BCUT2D eigenvalue weighted by Gasteiger charge is 2.00. The lowest BCUT2D eigenvalue weighted by atomic mass is 10.3. The molecule has 5 heteroatoms. The molecule has 1 rings (SSSR count). The topological polar surface area (TPSA) is 77.2 Å². The number of ether oxygens (including phenoxy) is 1. The number of nitrogens with two attached hydrogens (primary N) is 1. The molecule has 3 N–H and O–H groups in total. The Balaban J connectivity index is 2.16. The number of hydrogen-bond acceptors (Lipinski definition) is 5. The van der Waals surface area contributed by atoms with Crippen LogP contribution < -0.4 is 11.1 Å². The van der Waals surface area contributed by atoms with E-state index >= 15 is 0 Å². The number of nitrogen functional groups attached to an aromatic ring is 1. The van der Waals surface area contributed by atoms with E-state index in [2.05, 4.69) is 10.3 Å². The van der Waals surface area contributed by atoms with Gasteiger partial charge in [0.05, 0.1) is 18.5 Å². The van der Waals surface area contributed by atoms with Crippen LogP contribution in [0, 0.1) is 0 Å². The van der Waals surface area contributed by atoms with Crippen LogP contribution in [0.5, 0.6) is 0 Å². The van der Waals surface area contributed by atoms with Crippen molar-refractivity contribution in [2.75, 3.05) is 24.2 Å². The second kappa shape index (κ2) is 6.66. The fourth-order valence-electron chi connectivity index (χ4n) is 1.19. The molecule has 1 aromatic heterocycles. The van der Waals surface area contributed by atoms with Crippen molar-refractivity contribution in [2.45, 2.75) is 19.8 Å². The number of anilines is 2. The summed E-state index contributed by atoms with van der Waals surface area (Å²) in [5.41, 5.74) is 6.14. The molecule has 1 heterocycles. The zero-order valence-corrected chi connectivity index (χ0v) is 9.40. The maximum atomic E-state index is 11.0. The number of carbonyl (C=O) groups excluding carboxylic acids is 1. The monoisotopic (exact) mass is 223 g/mol. The van der Waals surface area contributed by atoms with Gasteiger partial charge in [-0.25, -0.2) is 4.98 Å². The van der Waals surface area contributed by atoms with Gasteiger partial charge in [0.2, 0.25) is 0 Å². The Hall–Kier alpha value is -1.78. The second-order valence-electron chi connectivity index (χ2n) is 3.31. The van der Waals surface area contributed by atoms with Crippen LogP contribution in [-0.4, -0.2) is 24.1 Å². The summed E-state index contributed by atoms with van der Waals surface area (Å²) in [5, 5.41) is 3.09. The molecular weight excluding hydrogens is 206 g/mol. The first-order valence-corrected chi connectivity index (χ1v) is 5.33. The first-order chi connectivity index (χ1) is 7.72. The van der Waals surface area contributed by atoms with E-state index in [4.69, 9.17) is 10.5 Å². The third-order valence-electron chi connectivity index (χ3n) is 1.96. The van der Waals surface area contributed by atoms with Crippen molar-refractivity contribution in [3.63, 3.8) is 0 Å². The Morgan fingerprint density at radius 1 is 1.56 bits per heavy atom. The molecule has 0 fully saturated rings. The summed E-state index contributed by atoms with van der Waals surface area (Å²) in [6.45, 7) is 2.93. The van der Waals surface area contributed by atoms with Crippen LogP contribution in [-0.2, 0) is 9.53 Å². The van der Waals surface area contributed by atoms with Crippen LogP contribution >= 0.6 is 0 Å². The van der Waals surface area contributed by atoms with Gasteiger partial charge in [0.15, 0.2) is 0 Å². The number of aromatic nitrogens is 1. The second-order valence-corrected chi connectivity index (χ2v) is 3.31. The predicted molar refractivity (Wildman–Crippen MR) is 63.0 cm³/mol. The largest absolute Gasteiger partial charge is 0.466 e. The average molecular weight is 223 g/mol. The minimum atomic E-state index is -0.158. The van der Waals surface area contributed by atoms with Gasteiger partial charge >= 0.3 is 5.97 Å². The highest BCUT2D eigenvalue weighted by Crippen LogP contribution is 2.05. The van der Waals surface area contributed by atoms with Crippen LogP contribution in [0.15, 0.2) is 18.3 Å². The minimum Gasteiger partial charge on any atom is -0.466 e. The zero-order chi connectivity index (χ0) is 11.8. The molecule has 0 unspecified atom stereocenters. The third kappa shape index (κ3) is 4.63. The number of pyridine rings is 1. The lowest BCUT2D eigenvalue weighted by Gasteiger charge is -2.05. The summed E-state index contributed by atoms with van der Waals surface area (Å²) in [7, 11) is 0. The van der Waals surface area contributed by atoms with E-state index in [1.165, 1.54) is 0 Å². The highest BCUT2D eigenvalue weighted by molar-refractivity contribution is 5.69. The van der Waals surface area contributed by atoms with Gasteiger partial charge in [-0.05, 0) is 25.5 Å². The van der Waals surface area contributed by atoms with Gasteiger partial charge in [0.25, 0.3) is 0 Å². The lowest BCUT2D eigenvalue weighted by Crippen LogP contribution is -2.08. The van der Waals surface area contributed by atoms with Gasteiger partial charge in [0, 0.05) is 13.0 Å². The number of esters is 1. The molecule has 0 aliphatic heterocycles. The van der Waals surface area contributed by atoms with E-state index in [1.54, 1.807) is 25.3 Å². The summed E-state index contributed by atoms with van der Waals surface area (Å²) in [6, 6.07) is 3.58. The molecule has 0 aliphatic rings. The quantitative estimate of drug-likeness (QED) is 0.563. The predicted octanol–water partition coefficient (Wildman–Crippen LogP) is 1.42. The summed E-state index contributed by atoms with van der Waals surface area (Å²) in [6.07, 6.45) is 2.74. The molecule has 0 saturated heterocycles. The maximum Gasteiger partial charge on any atom is 0.305 e. The number of carbonyl (C=O) groups is 1. The summed E-state index contributed by atoms with van der Waals surface area (Å²) in [5.74, 6) is 0.604. The van der Waals surface area contributed by atoms with E-state index in [9.17, 15) is 4.79 Å². The molecule has 0 radical (unpaired) electrons. The molecule has 0 amide bonds. The Morgan fingerprint density at radius 3 is 3.00 bits per heavy atom. The maximum absolute atomic E-state index is 11.0. The molecule has 0 aliphatic carbocycles. The summed E-state index contributed by atoms with van der Waals surface area (Å²) >= 11 is 0. The number of hydrogen-bond donors (Lipinski definition) is 2. The first-order valence-electron chi connectivity index (χ1n) is 5.33.